The zero-order valence-electron chi connectivity index (χ0n) is 12.1. The third-order valence-electron chi connectivity index (χ3n) is 4.05. The third kappa shape index (κ3) is 3.32. The fourth-order valence-electron chi connectivity index (χ4n) is 2.95. The Morgan fingerprint density at radius 2 is 1.33 bits per heavy atom. The van der Waals surface area contributed by atoms with Gasteiger partial charge in [-0.3, -0.25) is 0 Å². The van der Waals surface area contributed by atoms with Crippen molar-refractivity contribution in [2.45, 2.75) is 24.9 Å². The fraction of sp³-hybridized carbons (Fsp3) is 0.200. The SMILES string of the molecule is OC(Cc1ccccc1)(Cc1ccccc1)C1=CC=CC1. The van der Waals surface area contributed by atoms with Gasteiger partial charge >= 0.3 is 0 Å². The molecule has 0 radical (unpaired) electrons. The molecule has 1 aliphatic carbocycles. The lowest BCUT2D eigenvalue weighted by molar-refractivity contribution is 0.0773. The minimum atomic E-state index is -0.813. The quantitative estimate of drug-likeness (QED) is 0.872. The van der Waals surface area contributed by atoms with Gasteiger partial charge in [0.25, 0.3) is 0 Å². The molecular weight excluding hydrogens is 256 g/mol. The Labute approximate surface area is 126 Å². The van der Waals surface area contributed by atoms with Crippen molar-refractivity contribution >= 4 is 0 Å². The minimum Gasteiger partial charge on any atom is -0.385 e. The van der Waals surface area contributed by atoms with E-state index in [-0.39, 0.29) is 0 Å². The molecule has 0 unspecified atom stereocenters. The van der Waals surface area contributed by atoms with Gasteiger partial charge < -0.3 is 5.11 Å². The van der Waals surface area contributed by atoms with Crippen LogP contribution in [-0.2, 0) is 12.8 Å². The molecule has 0 aliphatic heterocycles. The van der Waals surface area contributed by atoms with Gasteiger partial charge in [0.05, 0.1) is 5.60 Å². The lowest BCUT2D eigenvalue weighted by Crippen LogP contribution is -2.36. The molecule has 0 spiro atoms. The van der Waals surface area contributed by atoms with Crippen LogP contribution in [0.5, 0.6) is 0 Å². The van der Waals surface area contributed by atoms with Crippen LogP contribution in [0.4, 0.5) is 0 Å². The molecule has 0 amide bonds. The van der Waals surface area contributed by atoms with E-state index in [1.807, 2.05) is 42.5 Å². The maximum Gasteiger partial charge on any atom is 0.0943 e. The second-order valence-corrected chi connectivity index (χ2v) is 5.68. The van der Waals surface area contributed by atoms with Gasteiger partial charge in [0.2, 0.25) is 0 Å². The highest BCUT2D eigenvalue weighted by atomic mass is 16.3. The fourth-order valence-corrected chi connectivity index (χ4v) is 2.95. The summed E-state index contributed by atoms with van der Waals surface area (Å²) in [6, 6.07) is 20.5. The van der Waals surface area contributed by atoms with Gasteiger partial charge in [-0.2, -0.15) is 0 Å². The van der Waals surface area contributed by atoms with Gasteiger partial charge in [-0.25, -0.2) is 0 Å². The largest absolute Gasteiger partial charge is 0.385 e. The first-order valence-corrected chi connectivity index (χ1v) is 7.43. The number of allylic oxidation sites excluding steroid dienone is 3. The van der Waals surface area contributed by atoms with Crippen molar-refractivity contribution in [3.05, 3.63) is 95.6 Å². The Hall–Kier alpha value is -2.12. The van der Waals surface area contributed by atoms with Crippen LogP contribution >= 0.6 is 0 Å². The standard InChI is InChI=1S/C20H20O/c21-20(19-13-7-8-14-19,15-17-9-3-1-4-10-17)16-18-11-5-2-6-12-18/h1-13,21H,14-16H2. The minimum absolute atomic E-state index is 0.649. The monoisotopic (exact) mass is 276 g/mol. The lowest BCUT2D eigenvalue weighted by Gasteiger charge is -2.30. The van der Waals surface area contributed by atoms with Crippen LogP contribution in [0.2, 0.25) is 0 Å². The summed E-state index contributed by atoms with van der Waals surface area (Å²) in [6.45, 7) is 0. The molecule has 2 aromatic carbocycles. The lowest BCUT2D eigenvalue weighted by atomic mass is 9.81. The van der Waals surface area contributed by atoms with Crippen LogP contribution < -0.4 is 0 Å². The van der Waals surface area contributed by atoms with Crippen LogP contribution in [-0.4, -0.2) is 10.7 Å². The molecule has 106 valence electrons. The maximum absolute atomic E-state index is 11.3. The second kappa shape index (κ2) is 6.11. The van der Waals surface area contributed by atoms with Crippen LogP contribution in [0.3, 0.4) is 0 Å². The van der Waals surface area contributed by atoms with E-state index < -0.39 is 5.60 Å². The average Bonchev–Trinajstić information content (AvgIpc) is 3.04. The van der Waals surface area contributed by atoms with Crippen molar-refractivity contribution in [3.63, 3.8) is 0 Å². The van der Waals surface area contributed by atoms with Gasteiger partial charge in [-0.05, 0) is 23.1 Å². The van der Waals surface area contributed by atoms with Crippen LogP contribution in [0.1, 0.15) is 17.5 Å². The molecule has 0 heterocycles. The molecule has 0 saturated carbocycles. The predicted octanol–water partition coefficient (Wildman–Crippen LogP) is 4.09. The summed E-state index contributed by atoms with van der Waals surface area (Å²) in [6.07, 6.45) is 8.35. The molecule has 1 N–H and O–H groups in total. The first kappa shape index (κ1) is 13.8. The molecule has 0 aromatic heterocycles. The molecule has 2 aromatic rings. The van der Waals surface area contributed by atoms with Gasteiger partial charge in [-0.1, -0.05) is 78.9 Å². The molecule has 21 heavy (non-hydrogen) atoms. The van der Waals surface area contributed by atoms with Gasteiger partial charge in [0.1, 0.15) is 0 Å². The molecule has 3 rings (SSSR count). The van der Waals surface area contributed by atoms with Gasteiger partial charge in [0.15, 0.2) is 0 Å². The topological polar surface area (TPSA) is 20.2 Å². The molecule has 0 atom stereocenters. The normalized spacial score (nSPS) is 14.2. The Bertz CT molecular complexity index is 597. The third-order valence-corrected chi connectivity index (χ3v) is 4.05. The van der Waals surface area contributed by atoms with Gasteiger partial charge in [0, 0.05) is 12.8 Å². The zero-order chi connectivity index (χ0) is 14.5. The summed E-state index contributed by atoms with van der Waals surface area (Å²) in [5.41, 5.74) is 2.63. The number of hydrogen-bond donors (Lipinski definition) is 1. The highest BCUT2D eigenvalue weighted by molar-refractivity contribution is 5.35. The van der Waals surface area contributed by atoms with E-state index in [9.17, 15) is 5.11 Å². The van der Waals surface area contributed by atoms with E-state index >= 15 is 0 Å². The molecule has 0 saturated heterocycles. The Morgan fingerprint density at radius 1 is 0.810 bits per heavy atom. The maximum atomic E-state index is 11.3. The van der Waals surface area contributed by atoms with Crippen molar-refractivity contribution in [1.82, 2.24) is 0 Å². The van der Waals surface area contributed by atoms with Crippen molar-refractivity contribution in [3.8, 4) is 0 Å². The molecule has 1 nitrogen and oxygen atoms in total. The number of aliphatic hydroxyl groups is 1. The number of benzene rings is 2. The predicted molar refractivity (Wildman–Crippen MR) is 87.1 cm³/mol. The summed E-state index contributed by atoms with van der Waals surface area (Å²) >= 11 is 0. The Kier molecular flexibility index (Phi) is 4.03. The van der Waals surface area contributed by atoms with E-state index in [1.54, 1.807) is 0 Å². The van der Waals surface area contributed by atoms with Crippen molar-refractivity contribution in [1.29, 1.82) is 0 Å². The Balaban J connectivity index is 1.88. The highest BCUT2D eigenvalue weighted by Crippen LogP contribution is 2.31. The van der Waals surface area contributed by atoms with E-state index in [2.05, 4.69) is 36.4 Å². The zero-order valence-corrected chi connectivity index (χ0v) is 12.1. The van der Waals surface area contributed by atoms with E-state index in [4.69, 9.17) is 0 Å². The number of rotatable bonds is 5. The van der Waals surface area contributed by atoms with Crippen molar-refractivity contribution < 1.29 is 5.11 Å². The summed E-state index contributed by atoms with van der Waals surface area (Å²) in [5, 5.41) is 11.3. The first-order chi connectivity index (χ1) is 10.3. The van der Waals surface area contributed by atoms with Crippen LogP contribution in [0.15, 0.2) is 84.5 Å². The molecule has 1 heteroatoms. The first-order valence-electron chi connectivity index (χ1n) is 7.43. The van der Waals surface area contributed by atoms with Crippen molar-refractivity contribution in [2.24, 2.45) is 0 Å². The molecule has 0 bridgehead atoms. The Morgan fingerprint density at radius 3 is 1.76 bits per heavy atom. The average molecular weight is 276 g/mol. The van der Waals surface area contributed by atoms with Crippen molar-refractivity contribution in [2.75, 3.05) is 0 Å². The van der Waals surface area contributed by atoms with Crippen LogP contribution in [0.25, 0.3) is 0 Å². The molecule has 0 fully saturated rings. The molecular formula is C20H20O. The molecule has 1 aliphatic rings. The van der Waals surface area contributed by atoms with Gasteiger partial charge in [-0.15, -0.1) is 0 Å². The summed E-state index contributed by atoms with van der Waals surface area (Å²) in [7, 11) is 0. The summed E-state index contributed by atoms with van der Waals surface area (Å²) in [4.78, 5) is 0. The second-order valence-electron chi connectivity index (χ2n) is 5.68. The number of hydrogen-bond acceptors (Lipinski definition) is 1. The smallest absolute Gasteiger partial charge is 0.0943 e. The van der Waals surface area contributed by atoms with Crippen LogP contribution in [0, 0.1) is 0 Å². The van der Waals surface area contributed by atoms with E-state index in [0.29, 0.717) is 12.8 Å². The highest BCUT2D eigenvalue weighted by Gasteiger charge is 2.32. The summed E-state index contributed by atoms with van der Waals surface area (Å²) < 4.78 is 0. The summed E-state index contributed by atoms with van der Waals surface area (Å²) in [5.74, 6) is 0. The van der Waals surface area contributed by atoms with E-state index in [0.717, 1.165) is 12.0 Å². The van der Waals surface area contributed by atoms with E-state index in [1.165, 1.54) is 11.1 Å².